The summed E-state index contributed by atoms with van der Waals surface area (Å²) in [5.41, 5.74) is 3.41. The van der Waals surface area contributed by atoms with Gasteiger partial charge in [-0.15, -0.1) is 0 Å². The van der Waals surface area contributed by atoms with Crippen molar-refractivity contribution in [2.45, 2.75) is 19.2 Å². The van der Waals surface area contributed by atoms with E-state index in [1.54, 1.807) is 25.3 Å². The highest BCUT2D eigenvalue weighted by molar-refractivity contribution is 5.94. The summed E-state index contributed by atoms with van der Waals surface area (Å²) in [6.45, 7) is 1.48. The molecule has 0 fully saturated rings. The van der Waals surface area contributed by atoms with Gasteiger partial charge in [-0.25, -0.2) is 4.98 Å². The third-order valence-electron chi connectivity index (χ3n) is 4.85. The van der Waals surface area contributed by atoms with E-state index in [0.29, 0.717) is 31.1 Å². The van der Waals surface area contributed by atoms with Gasteiger partial charge in [-0.3, -0.25) is 4.79 Å². The minimum Gasteiger partial charge on any atom is -0.481 e. The summed E-state index contributed by atoms with van der Waals surface area (Å²) in [4.78, 5) is 18.5. The molecule has 1 heterocycles. The second kappa shape index (κ2) is 10.5. The molecule has 3 aromatic rings. The van der Waals surface area contributed by atoms with E-state index in [0.717, 1.165) is 16.7 Å². The van der Waals surface area contributed by atoms with Crippen molar-refractivity contribution in [3.63, 3.8) is 0 Å². The second-order valence-electron chi connectivity index (χ2n) is 7.09. The zero-order valence-corrected chi connectivity index (χ0v) is 17.3. The first kappa shape index (κ1) is 21.5. The Labute approximate surface area is 177 Å². The molecule has 0 radical (unpaired) electrons. The van der Waals surface area contributed by atoms with Crippen molar-refractivity contribution < 1.29 is 14.6 Å². The Morgan fingerprint density at radius 1 is 1.10 bits per heavy atom. The topological polar surface area (TPSA) is 74.7 Å². The van der Waals surface area contributed by atoms with Crippen LogP contribution in [0.1, 0.15) is 33.2 Å². The molecule has 1 aromatic heterocycles. The van der Waals surface area contributed by atoms with Crippen LogP contribution in [0.2, 0.25) is 0 Å². The number of aliphatic hydroxyl groups is 1. The average molecular weight is 405 g/mol. The number of hydrogen-bond donors (Lipinski definition) is 2. The van der Waals surface area contributed by atoms with E-state index < -0.39 is 6.10 Å². The van der Waals surface area contributed by atoms with Crippen molar-refractivity contribution in [2.24, 2.45) is 0 Å². The Hall–Kier alpha value is -3.22. The van der Waals surface area contributed by atoms with Crippen LogP contribution >= 0.6 is 0 Å². The van der Waals surface area contributed by atoms with Gasteiger partial charge in [0.25, 0.3) is 5.91 Å². The van der Waals surface area contributed by atoms with Crippen molar-refractivity contribution in [2.75, 3.05) is 20.7 Å². The molecule has 0 unspecified atom stereocenters. The van der Waals surface area contributed by atoms with Crippen LogP contribution in [0, 0.1) is 0 Å². The van der Waals surface area contributed by atoms with E-state index in [-0.39, 0.29) is 5.91 Å². The van der Waals surface area contributed by atoms with Gasteiger partial charge < -0.3 is 20.1 Å². The highest BCUT2D eigenvalue weighted by Crippen LogP contribution is 2.17. The molecule has 0 bridgehead atoms. The summed E-state index contributed by atoms with van der Waals surface area (Å²) >= 11 is 0. The molecular weight excluding hydrogens is 378 g/mol. The number of rotatable bonds is 9. The van der Waals surface area contributed by atoms with Crippen LogP contribution in [0.4, 0.5) is 0 Å². The van der Waals surface area contributed by atoms with E-state index in [1.165, 1.54) is 0 Å². The smallest absolute Gasteiger partial charge is 0.253 e. The molecule has 6 heteroatoms. The lowest BCUT2D eigenvalue weighted by molar-refractivity contribution is 0.0784. The van der Waals surface area contributed by atoms with Gasteiger partial charge in [-0.1, -0.05) is 48.5 Å². The number of benzene rings is 2. The Bertz CT molecular complexity index is 945. The lowest BCUT2D eigenvalue weighted by Gasteiger charge is -2.18. The third kappa shape index (κ3) is 5.65. The average Bonchev–Trinajstić information content (AvgIpc) is 2.80. The molecular formula is C24H27N3O3. The van der Waals surface area contributed by atoms with E-state index >= 15 is 0 Å². The molecule has 2 aromatic carbocycles. The fourth-order valence-corrected chi connectivity index (χ4v) is 3.19. The van der Waals surface area contributed by atoms with Crippen LogP contribution in [-0.2, 0) is 13.1 Å². The quantitative estimate of drug-likeness (QED) is 0.572. The van der Waals surface area contributed by atoms with Gasteiger partial charge in [0.1, 0.15) is 0 Å². The summed E-state index contributed by atoms with van der Waals surface area (Å²) in [7, 11) is 3.33. The number of carbonyl (C=O) groups excluding carboxylic acids is 1. The largest absolute Gasteiger partial charge is 0.481 e. The van der Waals surface area contributed by atoms with Crippen molar-refractivity contribution in [3.8, 4) is 5.88 Å². The van der Waals surface area contributed by atoms with Gasteiger partial charge in [0.15, 0.2) is 0 Å². The van der Waals surface area contributed by atoms with Gasteiger partial charge in [0.2, 0.25) is 5.88 Å². The summed E-state index contributed by atoms with van der Waals surface area (Å²) in [5, 5.41) is 13.5. The number of aliphatic hydroxyl groups excluding tert-OH is 1. The number of pyridine rings is 1. The molecule has 0 aliphatic carbocycles. The lowest BCUT2D eigenvalue weighted by Crippen LogP contribution is -2.26. The number of nitrogens with zero attached hydrogens (tertiary/aromatic N) is 2. The summed E-state index contributed by atoms with van der Waals surface area (Å²) in [6, 6.07) is 20.8. The number of methoxy groups -OCH3 is 1. The Morgan fingerprint density at radius 3 is 2.53 bits per heavy atom. The van der Waals surface area contributed by atoms with Gasteiger partial charge in [-0.05, 0) is 29.3 Å². The zero-order chi connectivity index (χ0) is 21.3. The first-order valence-electron chi connectivity index (χ1n) is 9.84. The Balaban J connectivity index is 1.52. The van der Waals surface area contributed by atoms with E-state index in [2.05, 4.69) is 10.3 Å². The fourth-order valence-electron chi connectivity index (χ4n) is 3.19. The highest BCUT2D eigenvalue weighted by Gasteiger charge is 2.14. The van der Waals surface area contributed by atoms with Gasteiger partial charge in [-0.2, -0.15) is 0 Å². The van der Waals surface area contributed by atoms with Crippen LogP contribution < -0.4 is 10.1 Å². The predicted molar refractivity (Wildman–Crippen MR) is 116 cm³/mol. The standard InChI is InChI=1S/C24H27N3O3/c1-27(17-21-9-6-14-26-23(21)30-2)24(29)20-12-10-18(11-13-20)15-25-16-22(28)19-7-4-3-5-8-19/h3-14,22,25,28H,15-17H2,1-2H3/t22-/m0/s1. The van der Waals surface area contributed by atoms with Gasteiger partial charge in [0, 0.05) is 37.5 Å². The molecule has 156 valence electrons. The molecule has 0 aliphatic heterocycles. The Kier molecular flexibility index (Phi) is 7.54. The molecule has 0 spiro atoms. The monoisotopic (exact) mass is 405 g/mol. The van der Waals surface area contributed by atoms with Crippen molar-refractivity contribution in [1.29, 1.82) is 0 Å². The molecule has 0 saturated heterocycles. The van der Waals surface area contributed by atoms with Crippen LogP contribution in [0.3, 0.4) is 0 Å². The first-order valence-corrected chi connectivity index (χ1v) is 9.84. The second-order valence-corrected chi connectivity index (χ2v) is 7.09. The fraction of sp³-hybridized carbons (Fsp3) is 0.250. The third-order valence-corrected chi connectivity index (χ3v) is 4.85. The van der Waals surface area contributed by atoms with Crippen LogP contribution in [0.15, 0.2) is 72.9 Å². The number of nitrogens with one attached hydrogen (secondary N) is 1. The normalized spacial score (nSPS) is 11.7. The van der Waals surface area contributed by atoms with E-state index in [1.807, 2.05) is 66.7 Å². The maximum atomic E-state index is 12.7. The minimum atomic E-state index is -0.551. The van der Waals surface area contributed by atoms with Crippen molar-refractivity contribution in [1.82, 2.24) is 15.2 Å². The van der Waals surface area contributed by atoms with E-state index in [4.69, 9.17) is 4.74 Å². The summed E-state index contributed by atoms with van der Waals surface area (Å²) < 4.78 is 5.26. The molecule has 30 heavy (non-hydrogen) atoms. The molecule has 2 N–H and O–H groups in total. The maximum absolute atomic E-state index is 12.7. The molecule has 6 nitrogen and oxygen atoms in total. The van der Waals surface area contributed by atoms with Gasteiger partial charge in [0.05, 0.1) is 19.8 Å². The molecule has 0 saturated carbocycles. The maximum Gasteiger partial charge on any atom is 0.253 e. The SMILES string of the molecule is COc1ncccc1CN(C)C(=O)c1ccc(CNC[C@H](O)c2ccccc2)cc1. The van der Waals surface area contributed by atoms with Crippen LogP contribution in [0.5, 0.6) is 5.88 Å². The Morgan fingerprint density at radius 2 is 1.83 bits per heavy atom. The minimum absolute atomic E-state index is 0.0695. The molecule has 1 amide bonds. The van der Waals surface area contributed by atoms with Crippen molar-refractivity contribution >= 4 is 5.91 Å². The van der Waals surface area contributed by atoms with E-state index in [9.17, 15) is 9.90 Å². The number of amides is 1. The zero-order valence-electron chi connectivity index (χ0n) is 17.3. The molecule has 3 rings (SSSR count). The molecule has 0 aliphatic rings. The number of carbonyl (C=O) groups is 1. The van der Waals surface area contributed by atoms with Crippen LogP contribution in [-0.4, -0.2) is 41.6 Å². The predicted octanol–water partition coefficient (Wildman–Crippen LogP) is 3.19. The van der Waals surface area contributed by atoms with Crippen LogP contribution in [0.25, 0.3) is 0 Å². The summed E-state index contributed by atoms with van der Waals surface area (Å²) in [5.74, 6) is 0.455. The number of ether oxygens (including phenoxy) is 1. The van der Waals surface area contributed by atoms with Gasteiger partial charge >= 0.3 is 0 Å². The highest BCUT2D eigenvalue weighted by atomic mass is 16.5. The number of hydrogen-bond acceptors (Lipinski definition) is 5. The number of aromatic nitrogens is 1. The summed E-state index contributed by atoms with van der Waals surface area (Å²) in [6.07, 6.45) is 1.11. The lowest BCUT2D eigenvalue weighted by atomic mass is 10.1. The molecule has 1 atom stereocenters. The van der Waals surface area contributed by atoms with Crippen molar-refractivity contribution in [3.05, 3.63) is 95.2 Å². The first-order chi connectivity index (χ1) is 14.6.